The van der Waals surface area contributed by atoms with Crippen LogP contribution in [0.2, 0.25) is 0 Å². The summed E-state index contributed by atoms with van der Waals surface area (Å²) in [4.78, 5) is 30.2. The lowest BCUT2D eigenvalue weighted by Crippen LogP contribution is -2.47. The monoisotopic (exact) mass is 534 g/mol. The van der Waals surface area contributed by atoms with Gasteiger partial charge < -0.3 is 34.1 Å². The molecule has 0 radical (unpaired) electrons. The SMILES string of the molecule is CCCCN(CCCO)C(=O)CN1C[C@H](c2ccc3c(c2)OCO3)C(C(=O)O)[C@@H]1CC(C)(C)C1OCCO1. The van der Waals surface area contributed by atoms with Crippen molar-refractivity contribution in [1.82, 2.24) is 9.80 Å². The first kappa shape index (κ1) is 28.6. The molecule has 2 saturated heterocycles. The number of nitrogens with zero attached hydrogens (tertiary/aromatic N) is 2. The zero-order valence-electron chi connectivity index (χ0n) is 22.8. The Morgan fingerprint density at radius 1 is 1.11 bits per heavy atom. The first-order chi connectivity index (χ1) is 18.2. The first-order valence-electron chi connectivity index (χ1n) is 13.7. The lowest BCUT2D eigenvalue weighted by atomic mass is 9.77. The number of carbonyl (C=O) groups excluding carboxylic acids is 1. The minimum Gasteiger partial charge on any atom is -0.481 e. The normalized spacial score (nSPS) is 23.7. The minimum atomic E-state index is -0.889. The molecule has 0 aromatic heterocycles. The number of aliphatic carboxylic acids is 1. The predicted molar refractivity (Wildman–Crippen MR) is 139 cm³/mol. The van der Waals surface area contributed by atoms with E-state index in [1.807, 2.05) is 36.9 Å². The number of likely N-dealkylation sites (tertiary alicyclic amines) is 1. The van der Waals surface area contributed by atoms with E-state index in [2.05, 4.69) is 6.92 Å². The molecule has 10 nitrogen and oxygen atoms in total. The van der Waals surface area contributed by atoms with Crippen molar-refractivity contribution in [2.45, 2.75) is 64.7 Å². The fraction of sp³-hybridized carbons (Fsp3) is 0.714. The Balaban J connectivity index is 1.62. The van der Waals surface area contributed by atoms with Crippen LogP contribution in [0.15, 0.2) is 18.2 Å². The van der Waals surface area contributed by atoms with Gasteiger partial charge in [0.25, 0.3) is 0 Å². The van der Waals surface area contributed by atoms with Gasteiger partial charge in [0.2, 0.25) is 12.7 Å². The summed E-state index contributed by atoms with van der Waals surface area (Å²) in [7, 11) is 0. The van der Waals surface area contributed by atoms with Gasteiger partial charge in [0.1, 0.15) is 0 Å². The van der Waals surface area contributed by atoms with Crippen LogP contribution < -0.4 is 9.47 Å². The lowest BCUT2D eigenvalue weighted by molar-refractivity contribution is -0.148. The van der Waals surface area contributed by atoms with Crippen LogP contribution in [0.5, 0.6) is 11.5 Å². The largest absolute Gasteiger partial charge is 0.481 e. The molecule has 1 amide bonds. The van der Waals surface area contributed by atoms with E-state index in [1.54, 1.807) is 4.90 Å². The average Bonchev–Trinajstić information content (AvgIpc) is 3.64. The minimum absolute atomic E-state index is 0.0189. The predicted octanol–water partition coefficient (Wildman–Crippen LogP) is 2.68. The molecule has 1 unspecified atom stereocenters. The zero-order valence-corrected chi connectivity index (χ0v) is 22.8. The molecule has 0 saturated carbocycles. The van der Waals surface area contributed by atoms with Crippen molar-refractivity contribution in [3.63, 3.8) is 0 Å². The molecule has 10 heteroatoms. The maximum Gasteiger partial charge on any atom is 0.308 e. The van der Waals surface area contributed by atoms with E-state index in [4.69, 9.17) is 18.9 Å². The van der Waals surface area contributed by atoms with E-state index < -0.39 is 29.6 Å². The average molecular weight is 535 g/mol. The number of aliphatic hydroxyl groups is 1. The van der Waals surface area contributed by atoms with E-state index in [0.717, 1.165) is 18.4 Å². The molecular weight excluding hydrogens is 492 g/mol. The zero-order chi connectivity index (χ0) is 27.3. The second-order valence-corrected chi connectivity index (χ2v) is 11.2. The fourth-order valence-electron chi connectivity index (χ4n) is 5.92. The van der Waals surface area contributed by atoms with Crippen LogP contribution in [0.25, 0.3) is 0 Å². The number of aliphatic hydroxyl groups excluding tert-OH is 1. The molecule has 3 aliphatic rings. The molecule has 3 aliphatic heterocycles. The summed E-state index contributed by atoms with van der Waals surface area (Å²) < 4.78 is 22.6. The quantitative estimate of drug-likeness (QED) is 0.394. The van der Waals surface area contributed by atoms with Crippen LogP contribution >= 0.6 is 0 Å². The highest BCUT2D eigenvalue weighted by molar-refractivity contribution is 5.79. The van der Waals surface area contributed by atoms with Gasteiger partial charge in [-0.3, -0.25) is 14.5 Å². The number of rotatable bonds is 13. The highest BCUT2D eigenvalue weighted by atomic mass is 16.7. The summed E-state index contributed by atoms with van der Waals surface area (Å²) in [6.07, 6.45) is 2.42. The molecule has 2 fully saturated rings. The lowest BCUT2D eigenvalue weighted by Gasteiger charge is -2.37. The van der Waals surface area contributed by atoms with Crippen molar-refractivity contribution in [2.75, 3.05) is 52.8 Å². The summed E-state index contributed by atoms with van der Waals surface area (Å²) in [6, 6.07) is 5.19. The van der Waals surface area contributed by atoms with Gasteiger partial charge in [0.15, 0.2) is 17.8 Å². The highest BCUT2D eigenvalue weighted by Gasteiger charge is 2.50. The molecule has 212 valence electrons. The molecule has 3 heterocycles. The third-order valence-electron chi connectivity index (χ3n) is 7.91. The Morgan fingerprint density at radius 2 is 1.82 bits per heavy atom. The molecule has 3 atom stereocenters. The molecule has 1 aromatic carbocycles. The van der Waals surface area contributed by atoms with Crippen LogP contribution in [0.3, 0.4) is 0 Å². The summed E-state index contributed by atoms with van der Waals surface area (Å²) >= 11 is 0. The van der Waals surface area contributed by atoms with Crippen molar-refractivity contribution >= 4 is 11.9 Å². The first-order valence-corrected chi connectivity index (χ1v) is 13.7. The molecule has 0 aliphatic carbocycles. The number of fused-ring (bicyclic) bond motifs is 1. The molecule has 1 aromatic rings. The van der Waals surface area contributed by atoms with Gasteiger partial charge in [0, 0.05) is 43.6 Å². The molecule has 4 rings (SSSR count). The topological polar surface area (TPSA) is 118 Å². The van der Waals surface area contributed by atoms with Gasteiger partial charge in [-0.25, -0.2) is 0 Å². The number of hydrogen-bond acceptors (Lipinski definition) is 8. The number of carboxylic acids is 1. The van der Waals surface area contributed by atoms with E-state index in [9.17, 15) is 19.8 Å². The van der Waals surface area contributed by atoms with Crippen molar-refractivity contribution in [3.05, 3.63) is 23.8 Å². The number of carbonyl (C=O) groups is 2. The number of benzene rings is 1. The van der Waals surface area contributed by atoms with E-state index >= 15 is 0 Å². The van der Waals surface area contributed by atoms with Gasteiger partial charge in [-0.2, -0.15) is 0 Å². The highest BCUT2D eigenvalue weighted by Crippen LogP contribution is 2.46. The summed E-state index contributed by atoms with van der Waals surface area (Å²) in [6.45, 7) is 8.99. The van der Waals surface area contributed by atoms with Gasteiger partial charge >= 0.3 is 5.97 Å². The van der Waals surface area contributed by atoms with Gasteiger partial charge in [-0.05, 0) is 37.0 Å². The standard InChI is InChI=1S/C28H42N2O8/c1-4-5-9-29(10-6-11-31)24(32)17-30-16-20(19-7-8-22-23(14-19)38-18-37-22)25(26(33)34)21(30)15-28(2,3)27-35-12-13-36-27/h7-8,14,20-21,25,27,31H,4-6,9-13,15-18H2,1-3H3,(H,33,34)/t20-,21+,25?/m1/s1. The maximum absolute atomic E-state index is 13.5. The van der Waals surface area contributed by atoms with Crippen LogP contribution in [0, 0.1) is 11.3 Å². The van der Waals surface area contributed by atoms with Crippen molar-refractivity contribution in [2.24, 2.45) is 11.3 Å². The number of unbranched alkanes of at least 4 members (excludes halogenated alkanes) is 1. The Kier molecular flexibility index (Phi) is 9.51. The van der Waals surface area contributed by atoms with Crippen LogP contribution in [-0.2, 0) is 19.1 Å². The number of ether oxygens (including phenoxy) is 4. The number of amides is 1. The second kappa shape index (κ2) is 12.6. The summed E-state index contributed by atoms with van der Waals surface area (Å²) in [5.41, 5.74) is 0.398. The Morgan fingerprint density at radius 3 is 2.50 bits per heavy atom. The summed E-state index contributed by atoms with van der Waals surface area (Å²) in [5, 5.41) is 19.8. The number of hydrogen-bond donors (Lipinski definition) is 2. The Labute approximate surface area is 224 Å². The van der Waals surface area contributed by atoms with Crippen LogP contribution in [0.4, 0.5) is 0 Å². The maximum atomic E-state index is 13.5. The number of carboxylic acid groups (broad SMARTS) is 1. The molecule has 38 heavy (non-hydrogen) atoms. The Bertz CT molecular complexity index is 956. The van der Waals surface area contributed by atoms with E-state index in [0.29, 0.717) is 57.2 Å². The Hall–Kier alpha value is -2.40. The second-order valence-electron chi connectivity index (χ2n) is 11.2. The smallest absolute Gasteiger partial charge is 0.308 e. The van der Waals surface area contributed by atoms with Gasteiger partial charge in [0.05, 0.1) is 25.7 Å². The van der Waals surface area contributed by atoms with E-state index in [1.165, 1.54) is 0 Å². The third-order valence-corrected chi connectivity index (χ3v) is 7.91. The van der Waals surface area contributed by atoms with Crippen LogP contribution in [0.1, 0.15) is 57.9 Å². The van der Waals surface area contributed by atoms with Crippen molar-refractivity contribution < 1.29 is 38.7 Å². The molecular formula is C28H42N2O8. The molecule has 0 spiro atoms. The summed E-state index contributed by atoms with van der Waals surface area (Å²) in [5.74, 6) is -0.735. The van der Waals surface area contributed by atoms with Crippen LogP contribution in [-0.4, -0.2) is 97.0 Å². The molecule has 0 bridgehead atoms. The third kappa shape index (κ3) is 6.42. The fourth-order valence-corrected chi connectivity index (χ4v) is 5.92. The van der Waals surface area contributed by atoms with E-state index in [-0.39, 0.29) is 31.8 Å². The van der Waals surface area contributed by atoms with Crippen molar-refractivity contribution in [3.8, 4) is 11.5 Å². The van der Waals surface area contributed by atoms with Gasteiger partial charge in [-0.1, -0.05) is 33.3 Å². The van der Waals surface area contributed by atoms with Gasteiger partial charge in [-0.15, -0.1) is 0 Å². The van der Waals surface area contributed by atoms with Crippen molar-refractivity contribution in [1.29, 1.82) is 0 Å². The molecule has 2 N–H and O–H groups in total.